The molecule has 1 aromatic heterocycles. The summed E-state index contributed by atoms with van der Waals surface area (Å²) in [6.45, 7) is 3.33. The highest BCUT2D eigenvalue weighted by Crippen LogP contribution is 2.29. The van der Waals surface area contributed by atoms with Crippen molar-refractivity contribution in [2.24, 2.45) is 11.7 Å². The zero-order chi connectivity index (χ0) is 23.7. The zero-order valence-electron chi connectivity index (χ0n) is 17.2. The van der Waals surface area contributed by atoms with Gasteiger partial charge in [0.15, 0.2) is 0 Å². The van der Waals surface area contributed by atoms with Crippen LogP contribution in [-0.2, 0) is 15.8 Å². The van der Waals surface area contributed by atoms with Crippen molar-refractivity contribution >= 4 is 29.1 Å². The number of hydrogen-bond donors (Lipinski definition) is 4. The number of primary amides is 1. The minimum absolute atomic E-state index is 0.0741. The Morgan fingerprint density at radius 3 is 2.53 bits per heavy atom. The second kappa shape index (κ2) is 11.1. The Balaban J connectivity index is 0.000000258. The van der Waals surface area contributed by atoms with E-state index in [9.17, 15) is 22.8 Å². The molecule has 1 aliphatic rings. The molecule has 2 aromatic rings. The summed E-state index contributed by atoms with van der Waals surface area (Å²) in [5, 5.41) is 5.43. The van der Waals surface area contributed by atoms with Crippen LogP contribution < -0.4 is 22.1 Å². The lowest BCUT2D eigenvalue weighted by atomic mass is 9.85. The van der Waals surface area contributed by atoms with E-state index >= 15 is 0 Å². The number of amides is 2. The molecule has 1 saturated carbocycles. The van der Waals surface area contributed by atoms with Crippen LogP contribution in [0.2, 0.25) is 0 Å². The molecule has 1 aliphatic carbocycles. The molecule has 1 heterocycles. The van der Waals surface area contributed by atoms with Crippen LogP contribution in [0.1, 0.15) is 31.4 Å². The molecule has 0 radical (unpaired) electrons. The van der Waals surface area contributed by atoms with Gasteiger partial charge in [0.05, 0.1) is 11.4 Å². The number of anilines is 3. The van der Waals surface area contributed by atoms with Gasteiger partial charge in [-0.3, -0.25) is 9.59 Å². The Hall–Kier alpha value is -3.63. The molecule has 0 aliphatic heterocycles. The zero-order valence-corrected chi connectivity index (χ0v) is 17.2. The van der Waals surface area contributed by atoms with Gasteiger partial charge in [-0.1, -0.05) is 25.1 Å². The molecule has 32 heavy (non-hydrogen) atoms. The number of benzene rings is 1. The van der Waals surface area contributed by atoms with E-state index in [0.717, 1.165) is 31.5 Å². The molecule has 11 heteroatoms. The quantitative estimate of drug-likeness (QED) is 0.407. The smallest absolute Gasteiger partial charge is 0.397 e. The Kier molecular flexibility index (Phi) is 8.56. The second-order valence-electron chi connectivity index (χ2n) is 7.15. The van der Waals surface area contributed by atoms with E-state index in [0.29, 0.717) is 17.8 Å². The normalized spacial score (nSPS) is 18.0. The van der Waals surface area contributed by atoms with Crippen molar-refractivity contribution in [3.05, 3.63) is 54.9 Å². The van der Waals surface area contributed by atoms with Gasteiger partial charge in [0.2, 0.25) is 17.8 Å². The molecule has 6 N–H and O–H groups in total. The van der Waals surface area contributed by atoms with Crippen LogP contribution in [0.25, 0.3) is 0 Å². The standard InChI is InChI=1S/C12H15F3N4O.C9H10N2O/c13-12(14,15)9-4-5-17-11(19-9)18-8-3-1-2-7(6-8)10(16)20;1-2-9(12)11-8-6-4-3-5-7(8)10/h4-5,7-8H,1-3,6H2,(H2,16,20)(H,17,18,19);2-6H,1,10H2,(H,11,12)/t7-,8+;/m1./s1. The molecule has 172 valence electrons. The van der Waals surface area contributed by atoms with Gasteiger partial charge in [0.25, 0.3) is 0 Å². The third-order valence-electron chi connectivity index (χ3n) is 4.76. The summed E-state index contributed by atoms with van der Waals surface area (Å²) < 4.78 is 37.6. The van der Waals surface area contributed by atoms with Crippen molar-refractivity contribution in [3.63, 3.8) is 0 Å². The molecular formula is C21H25F3N6O2. The lowest BCUT2D eigenvalue weighted by Crippen LogP contribution is -2.34. The largest absolute Gasteiger partial charge is 0.433 e. The molecule has 0 saturated heterocycles. The molecule has 0 spiro atoms. The third-order valence-corrected chi connectivity index (χ3v) is 4.76. The van der Waals surface area contributed by atoms with Crippen molar-refractivity contribution in [3.8, 4) is 0 Å². The summed E-state index contributed by atoms with van der Waals surface area (Å²) in [5.41, 5.74) is 11.0. The van der Waals surface area contributed by atoms with Gasteiger partial charge in [-0.05, 0) is 43.5 Å². The number of para-hydroxylation sites is 2. The van der Waals surface area contributed by atoms with Gasteiger partial charge in [-0.2, -0.15) is 13.2 Å². The number of alkyl halides is 3. The summed E-state index contributed by atoms with van der Waals surface area (Å²) in [6.07, 6.45) is 0.528. The highest BCUT2D eigenvalue weighted by molar-refractivity contribution is 6.00. The first-order chi connectivity index (χ1) is 15.1. The third kappa shape index (κ3) is 7.56. The van der Waals surface area contributed by atoms with E-state index in [-0.39, 0.29) is 29.7 Å². The van der Waals surface area contributed by atoms with E-state index in [4.69, 9.17) is 11.5 Å². The van der Waals surface area contributed by atoms with Crippen molar-refractivity contribution in [1.82, 2.24) is 9.97 Å². The number of halogens is 3. The SMILES string of the molecule is C=CC(=O)Nc1ccccc1N.NC(=O)[C@@H]1CCC[C@H](Nc2nccc(C(F)(F)F)n2)C1. The van der Waals surface area contributed by atoms with Gasteiger partial charge in [-0.25, -0.2) is 9.97 Å². The lowest BCUT2D eigenvalue weighted by molar-refractivity contribution is -0.141. The first-order valence-corrected chi connectivity index (χ1v) is 9.84. The molecule has 1 aromatic carbocycles. The monoisotopic (exact) mass is 450 g/mol. The van der Waals surface area contributed by atoms with Gasteiger partial charge < -0.3 is 22.1 Å². The molecule has 2 atom stereocenters. The summed E-state index contributed by atoms with van der Waals surface area (Å²) in [5.74, 6) is -0.948. The van der Waals surface area contributed by atoms with Crippen molar-refractivity contribution < 1.29 is 22.8 Å². The molecular weight excluding hydrogens is 425 g/mol. The number of nitrogens with zero attached hydrogens (tertiary/aromatic N) is 2. The van der Waals surface area contributed by atoms with E-state index in [2.05, 4.69) is 27.2 Å². The first kappa shape index (κ1) is 24.6. The predicted molar refractivity (Wildman–Crippen MR) is 115 cm³/mol. The highest BCUT2D eigenvalue weighted by atomic mass is 19.4. The van der Waals surface area contributed by atoms with Crippen LogP contribution in [0.15, 0.2) is 49.2 Å². The highest BCUT2D eigenvalue weighted by Gasteiger charge is 2.33. The second-order valence-corrected chi connectivity index (χ2v) is 7.15. The molecule has 0 unspecified atom stereocenters. The van der Waals surface area contributed by atoms with Crippen LogP contribution in [0, 0.1) is 5.92 Å². The Bertz CT molecular complexity index is 951. The average Bonchev–Trinajstić information content (AvgIpc) is 2.75. The number of carbonyl (C=O) groups is 2. The summed E-state index contributed by atoms with van der Waals surface area (Å²) in [4.78, 5) is 29.2. The molecule has 1 fully saturated rings. The number of carbonyl (C=O) groups excluding carboxylic acids is 2. The van der Waals surface area contributed by atoms with E-state index in [1.54, 1.807) is 24.3 Å². The van der Waals surface area contributed by atoms with Crippen molar-refractivity contribution in [2.45, 2.75) is 37.9 Å². The fourth-order valence-corrected chi connectivity index (χ4v) is 3.14. The summed E-state index contributed by atoms with van der Waals surface area (Å²) >= 11 is 0. The Morgan fingerprint density at radius 2 is 1.91 bits per heavy atom. The summed E-state index contributed by atoms with van der Waals surface area (Å²) in [7, 11) is 0. The maximum absolute atomic E-state index is 12.5. The lowest BCUT2D eigenvalue weighted by Gasteiger charge is -2.27. The van der Waals surface area contributed by atoms with Crippen LogP contribution >= 0.6 is 0 Å². The van der Waals surface area contributed by atoms with Gasteiger partial charge in [-0.15, -0.1) is 0 Å². The van der Waals surface area contributed by atoms with Gasteiger partial charge in [0, 0.05) is 18.2 Å². The summed E-state index contributed by atoms with van der Waals surface area (Å²) in [6, 6.07) is 7.74. The minimum Gasteiger partial charge on any atom is -0.397 e. The molecule has 3 rings (SSSR count). The van der Waals surface area contributed by atoms with E-state index in [1.807, 2.05) is 0 Å². The maximum Gasteiger partial charge on any atom is 0.433 e. The fourth-order valence-electron chi connectivity index (χ4n) is 3.14. The van der Waals surface area contributed by atoms with Crippen LogP contribution in [0.4, 0.5) is 30.5 Å². The first-order valence-electron chi connectivity index (χ1n) is 9.84. The van der Waals surface area contributed by atoms with Crippen LogP contribution in [-0.4, -0.2) is 27.8 Å². The van der Waals surface area contributed by atoms with Crippen molar-refractivity contribution in [2.75, 3.05) is 16.4 Å². The van der Waals surface area contributed by atoms with E-state index < -0.39 is 11.9 Å². The molecule has 8 nitrogen and oxygen atoms in total. The van der Waals surface area contributed by atoms with Crippen molar-refractivity contribution in [1.29, 1.82) is 0 Å². The minimum atomic E-state index is -4.50. The van der Waals surface area contributed by atoms with Crippen LogP contribution in [0.5, 0.6) is 0 Å². The topological polar surface area (TPSA) is 136 Å². The van der Waals surface area contributed by atoms with E-state index in [1.165, 1.54) is 6.08 Å². The Morgan fingerprint density at radius 1 is 1.19 bits per heavy atom. The number of nitrogen functional groups attached to an aromatic ring is 1. The maximum atomic E-state index is 12.5. The number of rotatable bonds is 5. The number of hydrogen-bond acceptors (Lipinski definition) is 6. The number of aromatic nitrogens is 2. The van der Waals surface area contributed by atoms with Gasteiger partial charge >= 0.3 is 6.18 Å². The Labute approximate surface area is 183 Å². The number of nitrogens with two attached hydrogens (primary N) is 2. The predicted octanol–water partition coefficient (Wildman–Crippen LogP) is 3.34. The number of nitrogens with one attached hydrogen (secondary N) is 2. The molecule has 2 amide bonds. The van der Waals surface area contributed by atoms with Gasteiger partial charge in [0.1, 0.15) is 5.69 Å². The molecule has 0 bridgehead atoms. The fraction of sp³-hybridized carbons (Fsp3) is 0.333. The van der Waals surface area contributed by atoms with Crippen LogP contribution in [0.3, 0.4) is 0 Å². The average molecular weight is 450 g/mol.